The van der Waals surface area contributed by atoms with Crippen LogP contribution in [0.15, 0.2) is 73.3 Å². The largest absolute Gasteiger partial charge is 0.454 e. The first-order valence-electron chi connectivity index (χ1n) is 11.1. The Bertz CT molecular complexity index is 1710. The molecule has 1 aliphatic rings. The molecule has 0 radical (unpaired) electrons. The number of H-pyrrole nitrogens is 1. The maximum Gasteiger partial charge on any atom is 0.439 e. The van der Waals surface area contributed by atoms with Gasteiger partial charge >= 0.3 is 5.76 Å². The van der Waals surface area contributed by atoms with Gasteiger partial charge in [0, 0.05) is 16.8 Å². The molecule has 182 valence electrons. The summed E-state index contributed by atoms with van der Waals surface area (Å²) in [6.45, 7) is 9.54. The van der Waals surface area contributed by atoms with Crippen LogP contribution in [-0.4, -0.2) is 15.1 Å². The molecular weight excluding hydrogens is 482 g/mol. The summed E-state index contributed by atoms with van der Waals surface area (Å²) in [5, 5.41) is 11.0. The van der Waals surface area contributed by atoms with Crippen molar-refractivity contribution in [3.05, 3.63) is 103 Å². The lowest BCUT2D eigenvalue weighted by atomic mass is 9.99. The van der Waals surface area contributed by atoms with Gasteiger partial charge in [0.2, 0.25) is 5.82 Å². The van der Waals surface area contributed by atoms with E-state index in [2.05, 4.69) is 36.9 Å². The molecule has 0 amide bonds. The first-order valence-corrected chi connectivity index (χ1v) is 11.5. The highest BCUT2D eigenvalue weighted by Gasteiger charge is 2.22. The average Bonchev–Trinajstić information content (AvgIpc) is 3.28. The molecule has 5 rings (SSSR count). The zero-order valence-corrected chi connectivity index (χ0v) is 20.5. The van der Waals surface area contributed by atoms with Crippen LogP contribution in [0.4, 0.5) is 5.69 Å². The van der Waals surface area contributed by atoms with Gasteiger partial charge in [-0.05, 0) is 56.7 Å². The summed E-state index contributed by atoms with van der Waals surface area (Å²) in [7, 11) is 0. The van der Waals surface area contributed by atoms with Gasteiger partial charge in [-0.2, -0.15) is 0 Å². The molecule has 0 saturated heterocycles. The lowest BCUT2D eigenvalue weighted by molar-refractivity contribution is 0.388. The van der Waals surface area contributed by atoms with Crippen LogP contribution in [0, 0.1) is 13.8 Å². The summed E-state index contributed by atoms with van der Waals surface area (Å²) in [6, 6.07) is 6.80. The Morgan fingerprint density at radius 2 is 2.00 bits per heavy atom. The van der Waals surface area contributed by atoms with Gasteiger partial charge in [0.15, 0.2) is 11.2 Å². The Morgan fingerprint density at radius 1 is 1.19 bits per heavy atom. The average molecular weight is 504 g/mol. The third kappa shape index (κ3) is 4.25. The van der Waals surface area contributed by atoms with E-state index in [1.165, 1.54) is 0 Å². The number of aromatic nitrogens is 3. The fraction of sp³-hybridized carbons (Fsp3) is 0.154. The van der Waals surface area contributed by atoms with Crippen LogP contribution in [0.2, 0.25) is 5.15 Å². The van der Waals surface area contributed by atoms with Gasteiger partial charge < -0.3 is 15.1 Å². The minimum absolute atomic E-state index is 0.111. The molecular formula is C26H22ClN5O4. The van der Waals surface area contributed by atoms with Crippen LogP contribution >= 0.6 is 11.6 Å². The zero-order valence-electron chi connectivity index (χ0n) is 19.7. The summed E-state index contributed by atoms with van der Waals surface area (Å²) in [6.07, 6.45) is 5.52. The van der Waals surface area contributed by atoms with E-state index in [0.29, 0.717) is 45.1 Å². The third-order valence-corrected chi connectivity index (χ3v) is 6.07. The molecule has 9 nitrogen and oxygen atoms in total. The van der Waals surface area contributed by atoms with Crippen molar-refractivity contribution in [1.82, 2.24) is 20.4 Å². The molecule has 0 unspecified atom stereocenters. The number of nitrogens with one attached hydrogen (secondary N) is 3. The van der Waals surface area contributed by atoms with Crippen LogP contribution in [0.1, 0.15) is 35.4 Å². The molecule has 1 atom stereocenters. The van der Waals surface area contributed by atoms with Crippen molar-refractivity contribution in [2.24, 2.45) is 0 Å². The van der Waals surface area contributed by atoms with Crippen LogP contribution < -0.4 is 21.8 Å². The highest BCUT2D eigenvalue weighted by molar-refractivity contribution is 6.29. The topological polar surface area (TPSA) is 126 Å². The quantitative estimate of drug-likeness (QED) is 0.325. The minimum Gasteiger partial charge on any atom is -0.454 e. The number of hydrogen-bond acceptors (Lipinski definition) is 8. The van der Waals surface area contributed by atoms with E-state index < -0.39 is 5.76 Å². The smallest absolute Gasteiger partial charge is 0.439 e. The van der Waals surface area contributed by atoms with E-state index >= 15 is 0 Å². The Balaban J connectivity index is 1.63. The first kappa shape index (κ1) is 23.4. The molecule has 36 heavy (non-hydrogen) atoms. The van der Waals surface area contributed by atoms with Gasteiger partial charge in [-0.1, -0.05) is 35.5 Å². The summed E-state index contributed by atoms with van der Waals surface area (Å²) >= 11 is 6.10. The number of fused-ring (bicyclic) bond motifs is 1. The number of nitrogens with zero attached hydrogens (tertiary/aromatic N) is 2. The Hall–Kier alpha value is -4.37. The van der Waals surface area contributed by atoms with Gasteiger partial charge in [0.25, 0.3) is 0 Å². The molecule has 0 aliphatic carbocycles. The molecule has 3 N–H and O–H groups in total. The summed E-state index contributed by atoms with van der Waals surface area (Å²) < 4.78 is 11.0. The molecule has 0 spiro atoms. The van der Waals surface area contributed by atoms with E-state index in [-0.39, 0.29) is 22.4 Å². The van der Waals surface area contributed by atoms with Crippen LogP contribution in [0.5, 0.6) is 0 Å². The third-order valence-electron chi connectivity index (χ3n) is 5.86. The maximum atomic E-state index is 13.4. The van der Waals surface area contributed by atoms with Crippen molar-refractivity contribution in [2.75, 3.05) is 5.32 Å². The molecule has 10 heteroatoms. The number of hydrogen-bond donors (Lipinski definition) is 3. The predicted molar refractivity (Wildman–Crippen MR) is 139 cm³/mol. The fourth-order valence-electron chi connectivity index (χ4n) is 4.17. The SMILES string of the molecule is C=C1C=CC=C(c2oc3c([C@@H](C)Nc4ccc(Cl)nc4-c4noc(=O)[nH]4)cc(C)cc3c(=O)c2C)N1. The summed E-state index contributed by atoms with van der Waals surface area (Å²) in [4.78, 5) is 31.7. The fourth-order valence-corrected chi connectivity index (χ4v) is 4.32. The van der Waals surface area contributed by atoms with E-state index in [0.717, 1.165) is 11.1 Å². The van der Waals surface area contributed by atoms with Gasteiger partial charge in [-0.25, -0.2) is 9.78 Å². The number of aryl methyl sites for hydroxylation is 1. The van der Waals surface area contributed by atoms with Crippen molar-refractivity contribution >= 4 is 34.0 Å². The van der Waals surface area contributed by atoms with Crippen LogP contribution in [0.3, 0.4) is 0 Å². The second-order valence-electron chi connectivity index (χ2n) is 8.55. The molecule has 0 bridgehead atoms. The van der Waals surface area contributed by atoms with E-state index in [1.54, 1.807) is 19.1 Å². The number of dihydropyridines is 1. The standard InChI is InChI=1S/C26H22ClN5O4/c1-12-10-16(15(4)29-18-8-9-20(27)30-21(18)25-31-26(34)36-32-25)24-17(11-12)22(33)14(3)23(35-24)19-7-5-6-13(2)28-19/h5-11,15,28-29H,2H2,1,3-4H3,(H,31,32,34)/t15-/m1/s1. The zero-order chi connectivity index (χ0) is 25.6. The molecule has 4 aromatic rings. The highest BCUT2D eigenvalue weighted by Crippen LogP contribution is 2.33. The molecule has 0 saturated carbocycles. The number of allylic oxidation sites excluding steroid dienone is 3. The van der Waals surface area contributed by atoms with Crippen molar-refractivity contribution in [3.8, 4) is 11.5 Å². The second kappa shape index (κ2) is 9.01. The molecule has 1 aliphatic heterocycles. The van der Waals surface area contributed by atoms with Gasteiger partial charge in [0.05, 0.1) is 22.8 Å². The van der Waals surface area contributed by atoms with Gasteiger partial charge in [0.1, 0.15) is 16.4 Å². The Kier molecular flexibility index (Phi) is 5.85. The van der Waals surface area contributed by atoms with Crippen molar-refractivity contribution in [2.45, 2.75) is 26.8 Å². The van der Waals surface area contributed by atoms with E-state index in [1.807, 2.05) is 44.2 Å². The van der Waals surface area contributed by atoms with Crippen LogP contribution in [-0.2, 0) is 0 Å². The number of halogens is 1. The Morgan fingerprint density at radius 3 is 2.72 bits per heavy atom. The normalized spacial score (nSPS) is 14.0. The van der Waals surface area contributed by atoms with E-state index in [9.17, 15) is 9.59 Å². The van der Waals surface area contributed by atoms with Gasteiger partial charge in [-0.15, -0.1) is 0 Å². The molecule has 3 aromatic heterocycles. The molecule has 0 fully saturated rings. The summed E-state index contributed by atoms with van der Waals surface area (Å²) in [5.41, 5.74) is 4.76. The number of rotatable bonds is 5. The number of benzene rings is 1. The monoisotopic (exact) mass is 503 g/mol. The minimum atomic E-state index is -0.705. The first-order chi connectivity index (χ1) is 17.2. The second-order valence-corrected chi connectivity index (χ2v) is 8.93. The molecule has 4 heterocycles. The van der Waals surface area contributed by atoms with Crippen LogP contribution in [0.25, 0.3) is 28.2 Å². The van der Waals surface area contributed by atoms with Crippen molar-refractivity contribution in [1.29, 1.82) is 0 Å². The summed E-state index contributed by atoms with van der Waals surface area (Å²) in [5.74, 6) is -0.119. The van der Waals surface area contributed by atoms with Crippen molar-refractivity contribution in [3.63, 3.8) is 0 Å². The Labute approximate surface area is 210 Å². The lowest BCUT2D eigenvalue weighted by Crippen LogP contribution is -2.18. The molecule has 1 aromatic carbocycles. The lowest BCUT2D eigenvalue weighted by Gasteiger charge is -2.21. The number of pyridine rings is 1. The number of aromatic amines is 1. The maximum absolute atomic E-state index is 13.4. The van der Waals surface area contributed by atoms with Gasteiger partial charge in [-0.3, -0.25) is 14.3 Å². The van der Waals surface area contributed by atoms with E-state index in [4.69, 9.17) is 16.0 Å². The number of anilines is 1. The highest BCUT2D eigenvalue weighted by atomic mass is 35.5. The predicted octanol–water partition coefficient (Wildman–Crippen LogP) is 4.99. The van der Waals surface area contributed by atoms with Crippen molar-refractivity contribution < 1.29 is 8.94 Å².